The number of nitrogens with one attached hydrogen (secondary N) is 2. The minimum absolute atomic E-state index is 0.0773. The van der Waals surface area contributed by atoms with Gasteiger partial charge >= 0.3 is 5.97 Å². The number of alkyl halides is 1. The zero-order valence-electron chi connectivity index (χ0n) is 20.1. The van der Waals surface area contributed by atoms with Crippen molar-refractivity contribution in [2.45, 2.75) is 70.7 Å². The van der Waals surface area contributed by atoms with E-state index < -0.39 is 48.4 Å². The van der Waals surface area contributed by atoms with Gasteiger partial charge in [0.2, 0.25) is 11.8 Å². The Hall–Kier alpha value is -2.79. The number of rotatable bonds is 11. The monoisotopic (exact) mass is 495 g/mol. The Labute approximate surface area is 203 Å². The summed E-state index contributed by atoms with van der Waals surface area (Å²) < 4.78 is 18.9. The fraction of sp³-hybridized carbons (Fsp3) is 0.667. The van der Waals surface area contributed by atoms with Crippen LogP contribution in [0.15, 0.2) is 6.07 Å². The van der Waals surface area contributed by atoms with Crippen LogP contribution in [0.2, 0.25) is 0 Å². The molecule has 194 valence electrons. The molecule has 0 spiro atoms. The third-order valence-electron chi connectivity index (χ3n) is 7.03. The summed E-state index contributed by atoms with van der Waals surface area (Å²) >= 11 is 0. The number of ketones is 1. The Bertz CT molecular complexity index is 963. The number of nitrogens with zero attached hydrogens (tertiary/aromatic N) is 1. The maximum Gasteiger partial charge on any atom is 0.308 e. The summed E-state index contributed by atoms with van der Waals surface area (Å²) in [6.45, 7) is 2.19. The summed E-state index contributed by atoms with van der Waals surface area (Å²) in [7, 11) is 0. The topological polar surface area (TPSA) is 147 Å². The quantitative estimate of drug-likeness (QED) is 0.330. The normalized spacial score (nSPS) is 23.1. The highest BCUT2D eigenvalue weighted by Crippen LogP contribution is 2.39. The number of carbonyl (C=O) groups excluding carboxylic acids is 3. The lowest BCUT2D eigenvalue weighted by Crippen LogP contribution is -2.55. The van der Waals surface area contributed by atoms with E-state index in [1.807, 2.05) is 13.8 Å². The molecule has 1 aromatic rings. The third-order valence-corrected chi connectivity index (χ3v) is 7.03. The number of amides is 2. The molecule has 0 bridgehead atoms. The molecule has 0 fully saturated rings. The van der Waals surface area contributed by atoms with Crippen molar-refractivity contribution in [1.29, 1.82) is 0 Å². The largest absolute Gasteiger partial charge is 0.481 e. The first-order valence-corrected chi connectivity index (χ1v) is 12.0. The van der Waals surface area contributed by atoms with E-state index in [1.54, 1.807) is 10.6 Å². The van der Waals surface area contributed by atoms with E-state index in [4.69, 9.17) is 4.74 Å². The average molecular weight is 496 g/mol. The van der Waals surface area contributed by atoms with Crippen molar-refractivity contribution >= 4 is 23.6 Å². The molecule has 1 aliphatic heterocycles. The lowest BCUT2D eigenvalue weighted by molar-refractivity contribution is -0.144. The van der Waals surface area contributed by atoms with Crippen LogP contribution >= 0.6 is 0 Å². The van der Waals surface area contributed by atoms with Crippen molar-refractivity contribution in [3.8, 4) is 0 Å². The smallest absolute Gasteiger partial charge is 0.308 e. The number of carboxylic acids is 1. The Morgan fingerprint density at radius 1 is 1.34 bits per heavy atom. The second-order valence-corrected chi connectivity index (χ2v) is 9.32. The van der Waals surface area contributed by atoms with E-state index in [1.165, 1.54) is 0 Å². The standard InChI is InChI=1S/C24H34FN3O7/c1-3-13(2)21(27-19(31)12-35-7-6-25)23(32)26-17-5-4-14-8-16(11-29)28-10-15(24(33)34)9-18(30)20(17)22(14)28/h8,13,15,17,20-21,29H,3-7,9-12H2,1-2H3,(H,26,32)(H,27,31)(H,33,34)/t13?,15-,17-,20?,21?/m0/s1. The van der Waals surface area contributed by atoms with E-state index >= 15 is 0 Å². The second kappa shape index (κ2) is 11.8. The molecule has 1 aromatic heterocycles. The van der Waals surface area contributed by atoms with Crippen LogP contribution in [-0.2, 0) is 43.5 Å². The van der Waals surface area contributed by atoms with Gasteiger partial charge in [-0.2, -0.15) is 0 Å². The predicted molar refractivity (Wildman–Crippen MR) is 122 cm³/mol. The van der Waals surface area contributed by atoms with Crippen LogP contribution in [0.5, 0.6) is 0 Å². The number of aliphatic hydroxyl groups is 1. The van der Waals surface area contributed by atoms with E-state index in [0.29, 0.717) is 30.7 Å². The fourth-order valence-electron chi connectivity index (χ4n) is 5.03. The van der Waals surface area contributed by atoms with Crippen molar-refractivity contribution in [1.82, 2.24) is 15.2 Å². The lowest BCUT2D eigenvalue weighted by Gasteiger charge is -2.34. The van der Waals surface area contributed by atoms with Crippen molar-refractivity contribution < 1.29 is 38.5 Å². The molecule has 1 aliphatic carbocycles. The number of halogens is 1. The molecular weight excluding hydrogens is 461 g/mol. The molecule has 2 aliphatic rings. The maximum atomic E-state index is 13.3. The van der Waals surface area contributed by atoms with Crippen molar-refractivity contribution in [3.05, 3.63) is 23.0 Å². The first kappa shape index (κ1) is 26.8. The Morgan fingerprint density at radius 3 is 2.71 bits per heavy atom. The zero-order chi connectivity index (χ0) is 25.7. The summed E-state index contributed by atoms with van der Waals surface area (Å²) in [6.07, 6.45) is 1.45. The molecule has 11 heteroatoms. The summed E-state index contributed by atoms with van der Waals surface area (Å²) in [5, 5.41) is 25.0. The van der Waals surface area contributed by atoms with Gasteiger partial charge in [-0.25, -0.2) is 4.39 Å². The Morgan fingerprint density at radius 2 is 2.09 bits per heavy atom. The number of aryl methyl sites for hydroxylation is 1. The number of aliphatic carboxylic acids is 1. The highest BCUT2D eigenvalue weighted by Gasteiger charge is 2.43. The van der Waals surface area contributed by atoms with Gasteiger partial charge in [-0.3, -0.25) is 19.2 Å². The number of carbonyl (C=O) groups is 4. The summed E-state index contributed by atoms with van der Waals surface area (Å²) in [5.74, 6) is -4.23. The van der Waals surface area contributed by atoms with E-state index in [0.717, 1.165) is 5.56 Å². The van der Waals surface area contributed by atoms with Crippen LogP contribution in [0, 0.1) is 11.8 Å². The molecular formula is C24H34FN3O7. The average Bonchev–Trinajstić information content (AvgIpc) is 3.09. The van der Waals surface area contributed by atoms with Crippen molar-refractivity contribution in [2.75, 3.05) is 19.9 Å². The molecule has 0 saturated carbocycles. The predicted octanol–water partition coefficient (Wildman–Crippen LogP) is 0.686. The summed E-state index contributed by atoms with van der Waals surface area (Å²) in [6, 6.07) is 0.342. The third kappa shape index (κ3) is 5.90. The van der Waals surface area contributed by atoms with Gasteiger partial charge in [0, 0.05) is 30.4 Å². The van der Waals surface area contributed by atoms with E-state index in [2.05, 4.69) is 10.6 Å². The lowest BCUT2D eigenvalue weighted by atomic mass is 9.79. The first-order chi connectivity index (χ1) is 16.7. The molecule has 2 heterocycles. The number of hydrogen-bond donors (Lipinski definition) is 4. The molecule has 10 nitrogen and oxygen atoms in total. The Kier molecular flexibility index (Phi) is 9.01. The first-order valence-electron chi connectivity index (χ1n) is 12.0. The van der Waals surface area contributed by atoms with Crippen molar-refractivity contribution in [3.63, 3.8) is 0 Å². The molecule has 2 amide bonds. The van der Waals surface area contributed by atoms with Crippen LogP contribution in [0.1, 0.15) is 56.0 Å². The van der Waals surface area contributed by atoms with Gasteiger partial charge in [0.1, 0.15) is 25.1 Å². The minimum atomic E-state index is -1.08. The van der Waals surface area contributed by atoms with Gasteiger partial charge in [0.15, 0.2) is 0 Å². The molecule has 35 heavy (non-hydrogen) atoms. The second-order valence-electron chi connectivity index (χ2n) is 9.32. The van der Waals surface area contributed by atoms with Crippen LogP contribution in [0.25, 0.3) is 0 Å². The minimum Gasteiger partial charge on any atom is -0.481 e. The SMILES string of the molecule is CCC(C)C(NC(=O)COCCF)C(=O)N[C@H]1CCc2cc(CO)n3c2C1C(=O)C[C@H](C(=O)O)C3. The summed E-state index contributed by atoms with van der Waals surface area (Å²) in [5.41, 5.74) is 2.08. The van der Waals surface area contributed by atoms with Gasteiger partial charge in [0.05, 0.1) is 25.0 Å². The molecule has 0 radical (unpaired) electrons. The van der Waals surface area contributed by atoms with Gasteiger partial charge in [-0.15, -0.1) is 0 Å². The molecule has 3 unspecified atom stereocenters. The number of Topliss-reactive ketones (excluding diaryl/α,β-unsaturated/α-hetero) is 1. The van der Waals surface area contributed by atoms with Crippen LogP contribution in [0.4, 0.5) is 4.39 Å². The number of carboxylic acid groups (broad SMARTS) is 1. The van der Waals surface area contributed by atoms with Gasteiger partial charge in [0.25, 0.3) is 0 Å². The van der Waals surface area contributed by atoms with Crippen molar-refractivity contribution in [2.24, 2.45) is 11.8 Å². The highest BCUT2D eigenvalue weighted by atomic mass is 19.1. The number of ether oxygens (including phenoxy) is 1. The van der Waals surface area contributed by atoms with Gasteiger partial charge in [-0.1, -0.05) is 20.3 Å². The Balaban J connectivity index is 1.84. The molecule has 0 saturated heterocycles. The van der Waals surface area contributed by atoms with Crippen LogP contribution in [0.3, 0.4) is 0 Å². The molecule has 4 N–H and O–H groups in total. The van der Waals surface area contributed by atoms with Crippen LogP contribution < -0.4 is 10.6 Å². The molecule has 0 aromatic carbocycles. The zero-order valence-corrected chi connectivity index (χ0v) is 20.1. The van der Waals surface area contributed by atoms with Gasteiger partial charge in [-0.05, 0) is 30.4 Å². The number of hydrogen-bond acceptors (Lipinski definition) is 6. The number of aromatic nitrogens is 1. The summed E-state index contributed by atoms with van der Waals surface area (Å²) in [4.78, 5) is 50.6. The molecule has 3 rings (SSSR count). The maximum absolute atomic E-state index is 13.3. The molecule has 5 atom stereocenters. The van der Waals surface area contributed by atoms with E-state index in [-0.39, 0.29) is 44.5 Å². The fourth-order valence-corrected chi connectivity index (χ4v) is 5.03. The van der Waals surface area contributed by atoms with Crippen LogP contribution in [-0.4, -0.2) is 70.3 Å². The van der Waals surface area contributed by atoms with Gasteiger partial charge < -0.3 is 30.2 Å². The van der Waals surface area contributed by atoms with E-state index in [9.17, 15) is 33.8 Å². The number of aliphatic hydroxyl groups excluding tert-OH is 1. The highest BCUT2D eigenvalue weighted by molar-refractivity contribution is 5.93.